The standard InChI is InChI=1S/C14H17NO2/c1-16-13(17-2)9-11-8-7-10-5-3-4-6-12(10)14(11)15/h3-8,13H,9,15H2,1-2H3. The van der Waals surface area contributed by atoms with Crippen LogP contribution in [0.3, 0.4) is 0 Å². The van der Waals surface area contributed by atoms with Crippen LogP contribution in [0.2, 0.25) is 0 Å². The Labute approximate surface area is 101 Å². The Bertz CT molecular complexity index is 507. The van der Waals surface area contributed by atoms with Crippen molar-refractivity contribution in [1.82, 2.24) is 0 Å². The molecule has 3 heteroatoms. The Kier molecular flexibility index (Phi) is 3.61. The van der Waals surface area contributed by atoms with E-state index in [1.54, 1.807) is 14.2 Å². The van der Waals surface area contributed by atoms with Crippen molar-refractivity contribution in [3.05, 3.63) is 42.0 Å². The molecular weight excluding hydrogens is 214 g/mol. The molecule has 0 unspecified atom stereocenters. The lowest BCUT2D eigenvalue weighted by Crippen LogP contribution is -2.17. The number of hydrogen-bond acceptors (Lipinski definition) is 3. The van der Waals surface area contributed by atoms with Crippen LogP contribution in [-0.2, 0) is 15.9 Å². The topological polar surface area (TPSA) is 44.5 Å². The van der Waals surface area contributed by atoms with Crippen molar-refractivity contribution < 1.29 is 9.47 Å². The van der Waals surface area contributed by atoms with Crippen molar-refractivity contribution in [3.8, 4) is 0 Å². The lowest BCUT2D eigenvalue weighted by atomic mass is 10.0. The highest BCUT2D eigenvalue weighted by molar-refractivity contribution is 5.94. The predicted molar refractivity (Wildman–Crippen MR) is 69.9 cm³/mol. The maximum Gasteiger partial charge on any atom is 0.160 e. The maximum atomic E-state index is 6.17. The van der Waals surface area contributed by atoms with Crippen LogP contribution in [0.25, 0.3) is 10.8 Å². The Morgan fingerprint density at radius 1 is 1.06 bits per heavy atom. The molecule has 17 heavy (non-hydrogen) atoms. The molecule has 0 spiro atoms. The smallest absolute Gasteiger partial charge is 0.160 e. The van der Waals surface area contributed by atoms with Gasteiger partial charge in [0.05, 0.1) is 0 Å². The first kappa shape index (κ1) is 11.9. The van der Waals surface area contributed by atoms with Gasteiger partial charge >= 0.3 is 0 Å². The highest BCUT2D eigenvalue weighted by atomic mass is 16.7. The van der Waals surface area contributed by atoms with Gasteiger partial charge in [0.15, 0.2) is 6.29 Å². The lowest BCUT2D eigenvalue weighted by Gasteiger charge is -2.15. The van der Waals surface area contributed by atoms with Gasteiger partial charge < -0.3 is 15.2 Å². The van der Waals surface area contributed by atoms with Crippen molar-refractivity contribution in [3.63, 3.8) is 0 Å². The van der Waals surface area contributed by atoms with E-state index in [2.05, 4.69) is 12.1 Å². The number of hydrogen-bond donors (Lipinski definition) is 1. The van der Waals surface area contributed by atoms with E-state index in [1.807, 2.05) is 24.3 Å². The second-order valence-electron chi connectivity index (χ2n) is 3.96. The molecule has 2 aromatic rings. The summed E-state index contributed by atoms with van der Waals surface area (Å²) in [7, 11) is 3.26. The van der Waals surface area contributed by atoms with E-state index >= 15 is 0 Å². The lowest BCUT2D eigenvalue weighted by molar-refractivity contribution is -0.100. The van der Waals surface area contributed by atoms with Gasteiger partial charge in [0, 0.05) is 31.7 Å². The first-order chi connectivity index (χ1) is 8.26. The summed E-state index contributed by atoms with van der Waals surface area (Å²) in [6, 6.07) is 12.2. The monoisotopic (exact) mass is 231 g/mol. The predicted octanol–water partition coefficient (Wildman–Crippen LogP) is 2.58. The fourth-order valence-corrected chi connectivity index (χ4v) is 1.96. The van der Waals surface area contributed by atoms with Crippen molar-refractivity contribution in [2.45, 2.75) is 12.7 Å². The van der Waals surface area contributed by atoms with E-state index in [9.17, 15) is 0 Å². The largest absolute Gasteiger partial charge is 0.398 e. The SMILES string of the molecule is COC(Cc1ccc2ccccc2c1N)OC. The minimum Gasteiger partial charge on any atom is -0.398 e. The number of nitrogens with two attached hydrogens (primary N) is 1. The average Bonchev–Trinajstić information content (AvgIpc) is 2.38. The first-order valence-electron chi connectivity index (χ1n) is 5.58. The molecule has 0 aliphatic heterocycles. The number of anilines is 1. The van der Waals surface area contributed by atoms with Crippen molar-refractivity contribution in [2.75, 3.05) is 20.0 Å². The molecule has 0 atom stereocenters. The van der Waals surface area contributed by atoms with Crippen LogP contribution in [0, 0.1) is 0 Å². The van der Waals surface area contributed by atoms with Crippen LogP contribution in [0.1, 0.15) is 5.56 Å². The zero-order valence-electron chi connectivity index (χ0n) is 10.1. The fraction of sp³-hybridized carbons (Fsp3) is 0.286. The van der Waals surface area contributed by atoms with E-state index in [1.165, 1.54) is 0 Å². The van der Waals surface area contributed by atoms with Gasteiger partial charge in [-0.25, -0.2) is 0 Å². The quantitative estimate of drug-likeness (QED) is 0.649. The fourth-order valence-electron chi connectivity index (χ4n) is 1.96. The molecule has 0 aliphatic carbocycles. The minimum absolute atomic E-state index is 0.251. The number of methoxy groups -OCH3 is 2. The summed E-state index contributed by atoms with van der Waals surface area (Å²) in [5.74, 6) is 0. The molecule has 0 bridgehead atoms. The van der Waals surface area contributed by atoms with Gasteiger partial charge in [-0.05, 0) is 10.9 Å². The third kappa shape index (κ3) is 2.40. The average molecular weight is 231 g/mol. The molecule has 0 heterocycles. The zero-order chi connectivity index (χ0) is 12.3. The Morgan fingerprint density at radius 3 is 2.47 bits per heavy atom. The van der Waals surface area contributed by atoms with Crippen LogP contribution >= 0.6 is 0 Å². The minimum atomic E-state index is -0.251. The van der Waals surface area contributed by atoms with Gasteiger partial charge in [-0.3, -0.25) is 0 Å². The maximum absolute atomic E-state index is 6.17. The summed E-state index contributed by atoms with van der Waals surface area (Å²) in [5, 5.41) is 2.23. The third-order valence-electron chi connectivity index (χ3n) is 2.97. The van der Waals surface area contributed by atoms with Crippen molar-refractivity contribution in [2.24, 2.45) is 0 Å². The molecule has 2 rings (SSSR count). The third-order valence-corrected chi connectivity index (χ3v) is 2.97. The number of benzene rings is 2. The summed E-state index contributed by atoms with van der Waals surface area (Å²) in [6.45, 7) is 0. The summed E-state index contributed by atoms with van der Waals surface area (Å²) < 4.78 is 10.4. The van der Waals surface area contributed by atoms with E-state index in [-0.39, 0.29) is 6.29 Å². The molecule has 0 radical (unpaired) electrons. The molecule has 0 fully saturated rings. The van der Waals surface area contributed by atoms with Gasteiger partial charge in [-0.15, -0.1) is 0 Å². The molecule has 0 saturated carbocycles. The molecule has 0 aromatic heterocycles. The molecule has 3 nitrogen and oxygen atoms in total. The van der Waals surface area contributed by atoms with Gasteiger partial charge in [-0.1, -0.05) is 36.4 Å². The van der Waals surface area contributed by atoms with E-state index < -0.39 is 0 Å². The van der Waals surface area contributed by atoms with E-state index in [4.69, 9.17) is 15.2 Å². The molecular formula is C14H17NO2. The first-order valence-corrected chi connectivity index (χ1v) is 5.58. The highest BCUT2D eigenvalue weighted by Gasteiger charge is 2.10. The summed E-state index contributed by atoms with van der Waals surface area (Å²) in [6.07, 6.45) is 0.405. The molecule has 90 valence electrons. The number of rotatable bonds is 4. The van der Waals surface area contributed by atoms with Crippen molar-refractivity contribution >= 4 is 16.5 Å². The van der Waals surface area contributed by atoms with Gasteiger partial charge in [0.25, 0.3) is 0 Å². The van der Waals surface area contributed by atoms with Gasteiger partial charge in [0.1, 0.15) is 0 Å². The van der Waals surface area contributed by atoms with Crippen LogP contribution < -0.4 is 5.73 Å². The summed E-state index contributed by atoms with van der Waals surface area (Å²) in [4.78, 5) is 0. The van der Waals surface area contributed by atoms with Crippen LogP contribution in [0.5, 0.6) is 0 Å². The Hall–Kier alpha value is -1.58. The number of nitrogen functional groups attached to an aromatic ring is 1. The van der Waals surface area contributed by atoms with E-state index in [0.29, 0.717) is 6.42 Å². The molecule has 0 amide bonds. The van der Waals surface area contributed by atoms with Gasteiger partial charge in [0.2, 0.25) is 0 Å². The number of fused-ring (bicyclic) bond motifs is 1. The molecule has 2 N–H and O–H groups in total. The Morgan fingerprint density at radius 2 is 1.76 bits per heavy atom. The molecule has 2 aromatic carbocycles. The summed E-state index contributed by atoms with van der Waals surface area (Å²) in [5.41, 5.74) is 8.03. The second-order valence-corrected chi connectivity index (χ2v) is 3.96. The van der Waals surface area contributed by atoms with E-state index in [0.717, 1.165) is 22.0 Å². The van der Waals surface area contributed by atoms with Crippen LogP contribution in [-0.4, -0.2) is 20.5 Å². The normalized spacial score (nSPS) is 11.2. The summed E-state index contributed by atoms with van der Waals surface area (Å²) >= 11 is 0. The second kappa shape index (κ2) is 5.17. The molecule has 0 aliphatic rings. The molecule has 0 saturated heterocycles. The van der Waals surface area contributed by atoms with Crippen LogP contribution in [0.15, 0.2) is 36.4 Å². The highest BCUT2D eigenvalue weighted by Crippen LogP contribution is 2.25. The van der Waals surface area contributed by atoms with Crippen molar-refractivity contribution in [1.29, 1.82) is 0 Å². The van der Waals surface area contributed by atoms with Gasteiger partial charge in [-0.2, -0.15) is 0 Å². The van der Waals surface area contributed by atoms with Crippen LogP contribution in [0.4, 0.5) is 5.69 Å². The zero-order valence-corrected chi connectivity index (χ0v) is 10.1. The Balaban J connectivity index is 2.38. The number of ether oxygens (including phenoxy) is 2.